The maximum absolute atomic E-state index is 13.6. The molecule has 0 saturated carbocycles. The van der Waals surface area contributed by atoms with Crippen LogP contribution in [0.25, 0.3) is 5.82 Å². The maximum atomic E-state index is 13.6. The summed E-state index contributed by atoms with van der Waals surface area (Å²) in [6.45, 7) is 1.40. The molecule has 2 radical (unpaired) electrons. The number of aromatic nitrogens is 7. The van der Waals surface area contributed by atoms with Gasteiger partial charge in [-0.15, -0.1) is 10.2 Å². The second-order valence-electron chi connectivity index (χ2n) is 8.40. The van der Waals surface area contributed by atoms with E-state index in [2.05, 4.69) is 41.0 Å². The largest absolute Gasteiger partial charge is 0.452 e. The highest BCUT2D eigenvalue weighted by atomic mass is 35.5. The first-order chi connectivity index (χ1) is 19.5. The molecule has 0 bridgehead atoms. The Labute approximate surface area is 237 Å². The fourth-order valence-corrected chi connectivity index (χ4v) is 3.85. The Morgan fingerprint density at radius 1 is 1.20 bits per heavy atom. The minimum absolute atomic E-state index is 0.0555. The van der Waals surface area contributed by atoms with Gasteiger partial charge in [0.25, 0.3) is 11.8 Å². The van der Waals surface area contributed by atoms with E-state index in [9.17, 15) is 23.2 Å². The molecule has 3 amide bonds. The average Bonchev–Trinajstić information content (AvgIpc) is 3.57. The molecule has 41 heavy (non-hydrogen) atoms. The number of anilines is 1. The molecule has 0 fully saturated rings. The van der Waals surface area contributed by atoms with Crippen molar-refractivity contribution in [1.82, 2.24) is 45.4 Å². The summed E-state index contributed by atoms with van der Waals surface area (Å²) in [6.07, 6.45) is -2.32. The average molecular weight is 585 g/mol. The van der Waals surface area contributed by atoms with Crippen molar-refractivity contribution in [3.63, 3.8) is 0 Å². The van der Waals surface area contributed by atoms with Crippen LogP contribution in [0.15, 0.2) is 36.5 Å². The Bertz CT molecular complexity index is 1630. The number of hydrogen-bond acceptors (Lipinski definition) is 9. The molecular weight excluding hydrogens is 565 g/mol. The van der Waals surface area contributed by atoms with Crippen molar-refractivity contribution >= 4 is 48.5 Å². The van der Waals surface area contributed by atoms with Gasteiger partial charge < -0.3 is 10.1 Å². The van der Waals surface area contributed by atoms with Crippen LogP contribution in [-0.4, -0.2) is 79.9 Å². The number of carbonyl (C=O) groups excluding carboxylic acids is 3. The number of hydrogen-bond donors (Lipinski definition) is 2. The van der Waals surface area contributed by atoms with E-state index in [1.165, 1.54) is 37.5 Å². The maximum Gasteiger partial charge on any atom is 0.428 e. The van der Waals surface area contributed by atoms with Gasteiger partial charge in [0.2, 0.25) is 5.82 Å². The number of rotatable bonds is 7. The molecule has 0 saturated heterocycles. The van der Waals surface area contributed by atoms with Crippen LogP contribution in [0.5, 0.6) is 0 Å². The topological polar surface area (TPSA) is 162 Å². The Morgan fingerprint density at radius 2 is 1.95 bits per heavy atom. The van der Waals surface area contributed by atoms with E-state index in [0.717, 1.165) is 21.6 Å². The third kappa shape index (κ3) is 6.46. The van der Waals surface area contributed by atoms with Gasteiger partial charge in [-0.05, 0) is 35.9 Å². The van der Waals surface area contributed by atoms with Gasteiger partial charge in [-0.3, -0.25) is 15.0 Å². The van der Waals surface area contributed by atoms with Crippen molar-refractivity contribution in [3.8, 4) is 5.82 Å². The first kappa shape index (κ1) is 29.1. The molecule has 4 rings (SSSR count). The van der Waals surface area contributed by atoms with Gasteiger partial charge in [0, 0.05) is 13.2 Å². The number of benzene rings is 1. The van der Waals surface area contributed by atoms with Gasteiger partial charge in [-0.2, -0.15) is 9.90 Å². The molecule has 0 aliphatic rings. The minimum Gasteiger partial charge on any atom is -0.452 e. The van der Waals surface area contributed by atoms with Crippen LogP contribution >= 0.6 is 11.6 Å². The minimum atomic E-state index is -2.92. The first-order valence-corrected chi connectivity index (χ1v) is 12.0. The predicted octanol–water partition coefficient (Wildman–Crippen LogP) is 1.59. The van der Waals surface area contributed by atoms with Gasteiger partial charge in [0.15, 0.2) is 5.82 Å². The summed E-state index contributed by atoms with van der Waals surface area (Å²) in [5, 5.41) is 18.5. The molecule has 3 heterocycles. The van der Waals surface area contributed by atoms with Crippen molar-refractivity contribution in [2.75, 3.05) is 19.5 Å². The smallest absolute Gasteiger partial charge is 0.428 e. The van der Waals surface area contributed by atoms with Crippen molar-refractivity contribution < 1.29 is 27.9 Å². The highest BCUT2D eigenvalue weighted by Crippen LogP contribution is 2.24. The highest BCUT2D eigenvalue weighted by Gasteiger charge is 2.24. The number of alkyl halides is 2. The van der Waals surface area contributed by atoms with E-state index in [4.69, 9.17) is 19.4 Å². The number of amides is 3. The number of methoxy groups -OCH3 is 1. The molecule has 18 heteroatoms. The third-order valence-corrected chi connectivity index (χ3v) is 5.75. The van der Waals surface area contributed by atoms with Crippen molar-refractivity contribution in [1.29, 1.82) is 0 Å². The SMILES string of the molecule is [B]c1cc(C)c(NC(=O)c2cc(Cn3nnc(C(F)F)n3)nn2-c2ncccc2Cl)c(C(=O)NN(C)C(=O)OC)c1. The zero-order valence-electron chi connectivity index (χ0n) is 21.7. The summed E-state index contributed by atoms with van der Waals surface area (Å²) in [6, 6.07) is 7.31. The number of ether oxygens (including phenoxy) is 1. The first-order valence-electron chi connectivity index (χ1n) is 11.6. The molecule has 0 spiro atoms. The van der Waals surface area contributed by atoms with E-state index < -0.39 is 30.2 Å². The second-order valence-corrected chi connectivity index (χ2v) is 8.81. The Balaban J connectivity index is 1.71. The second kappa shape index (κ2) is 12.1. The normalized spacial score (nSPS) is 10.9. The zero-order chi connectivity index (χ0) is 29.8. The number of aryl methyl sites for hydroxylation is 1. The predicted molar refractivity (Wildman–Crippen MR) is 140 cm³/mol. The van der Waals surface area contributed by atoms with Crippen LogP contribution in [-0.2, 0) is 11.3 Å². The van der Waals surface area contributed by atoms with E-state index in [1.807, 2.05) is 0 Å². The fourth-order valence-electron chi connectivity index (χ4n) is 3.65. The number of carbonyl (C=O) groups is 3. The molecule has 1 aromatic carbocycles. The summed E-state index contributed by atoms with van der Waals surface area (Å²) in [7, 11) is 8.35. The lowest BCUT2D eigenvalue weighted by Crippen LogP contribution is -2.43. The molecule has 2 N–H and O–H groups in total. The standard InChI is InChI=1S/C23H20BClF2N10O4/c1-11-7-12(24)8-14(21(38)33-35(2)23(40)41-3)17(11)29-22(39)16-9-13(10-36-32-19(18(26)27)30-34-36)31-37(16)20-15(25)5-4-6-28-20/h4-9,18H,10H2,1-3H3,(H,29,39)(H,33,38). The van der Waals surface area contributed by atoms with Crippen molar-refractivity contribution in [3.05, 3.63) is 69.9 Å². The summed E-state index contributed by atoms with van der Waals surface area (Å²) in [5.41, 5.74) is 3.12. The van der Waals surface area contributed by atoms with Crippen LogP contribution in [0, 0.1) is 6.92 Å². The molecule has 3 aromatic heterocycles. The summed E-state index contributed by atoms with van der Waals surface area (Å²) in [5.74, 6) is -2.18. The van der Waals surface area contributed by atoms with Crippen LogP contribution in [0.4, 0.5) is 19.3 Å². The fraction of sp³-hybridized carbons (Fsp3) is 0.217. The number of halogens is 3. The van der Waals surface area contributed by atoms with Crippen molar-refractivity contribution in [2.45, 2.75) is 19.9 Å². The van der Waals surface area contributed by atoms with Gasteiger partial charge in [-0.1, -0.05) is 29.2 Å². The Hall–Kier alpha value is -4.93. The molecule has 0 unspecified atom stereocenters. The molecule has 0 aliphatic heterocycles. The van der Waals surface area contributed by atoms with E-state index >= 15 is 0 Å². The summed E-state index contributed by atoms with van der Waals surface area (Å²) >= 11 is 6.31. The van der Waals surface area contributed by atoms with E-state index in [1.54, 1.807) is 13.0 Å². The molecular formula is C23H20BClF2N10O4. The van der Waals surface area contributed by atoms with Gasteiger partial charge >= 0.3 is 12.5 Å². The van der Waals surface area contributed by atoms with Gasteiger partial charge in [0.1, 0.15) is 20.1 Å². The zero-order valence-corrected chi connectivity index (χ0v) is 22.4. The quantitative estimate of drug-likeness (QED) is 0.243. The summed E-state index contributed by atoms with van der Waals surface area (Å²) < 4.78 is 31.5. The molecule has 210 valence electrons. The lowest BCUT2D eigenvalue weighted by atomic mass is 9.90. The molecule has 14 nitrogen and oxygen atoms in total. The number of nitrogens with zero attached hydrogens (tertiary/aromatic N) is 8. The third-order valence-electron chi connectivity index (χ3n) is 5.46. The van der Waals surface area contributed by atoms with Crippen LogP contribution in [0.1, 0.15) is 44.4 Å². The lowest BCUT2D eigenvalue weighted by molar-refractivity contribution is 0.0767. The van der Waals surface area contributed by atoms with Crippen LogP contribution < -0.4 is 16.2 Å². The number of tetrazole rings is 1. The number of hydrazine groups is 1. The van der Waals surface area contributed by atoms with Gasteiger partial charge in [-0.25, -0.2) is 28.3 Å². The highest BCUT2D eigenvalue weighted by molar-refractivity contribution is 6.33. The van der Waals surface area contributed by atoms with Crippen molar-refractivity contribution in [2.24, 2.45) is 0 Å². The number of nitrogens with one attached hydrogen (secondary N) is 2. The van der Waals surface area contributed by atoms with Gasteiger partial charge in [0.05, 0.1) is 29.1 Å². The van der Waals surface area contributed by atoms with Crippen LogP contribution in [0.2, 0.25) is 5.02 Å². The Kier molecular flexibility index (Phi) is 8.56. The van der Waals surface area contributed by atoms with E-state index in [-0.39, 0.29) is 45.5 Å². The molecule has 0 atom stereocenters. The lowest BCUT2D eigenvalue weighted by Gasteiger charge is -2.19. The monoisotopic (exact) mass is 584 g/mol. The molecule has 4 aromatic rings. The Morgan fingerprint density at radius 3 is 2.61 bits per heavy atom. The van der Waals surface area contributed by atoms with E-state index in [0.29, 0.717) is 5.56 Å². The summed E-state index contributed by atoms with van der Waals surface area (Å²) in [4.78, 5) is 43.5. The van der Waals surface area contributed by atoms with Crippen LogP contribution in [0.3, 0.4) is 0 Å². The number of pyridine rings is 1. The molecule has 0 aliphatic carbocycles.